The van der Waals surface area contributed by atoms with Gasteiger partial charge in [-0.1, -0.05) is 12.1 Å². The highest BCUT2D eigenvalue weighted by molar-refractivity contribution is 5.93. The van der Waals surface area contributed by atoms with Gasteiger partial charge in [0, 0.05) is 25.6 Å². The maximum atomic E-state index is 12.8. The van der Waals surface area contributed by atoms with Crippen LogP contribution in [0.15, 0.2) is 24.3 Å². The molecule has 3 rings (SSSR count). The number of imidazole rings is 1. The van der Waals surface area contributed by atoms with Gasteiger partial charge in [0.05, 0.1) is 17.0 Å². The van der Waals surface area contributed by atoms with E-state index in [1.54, 1.807) is 11.8 Å². The Hall–Kier alpha value is -2.37. The number of anilines is 1. The summed E-state index contributed by atoms with van der Waals surface area (Å²) in [5, 5.41) is 3.01. The van der Waals surface area contributed by atoms with Gasteiger partial charge in [-0.2, -0.15) is 0 Å². The average Bonchev–Trinajstić information content (AvgIpc) is 2.92. The molecule has 2 amide bonds. The molecule has 2 heterocycles. The van der Waals surface area contributed by atoms with Crippen LogP contribution >= 0.6 is 0 Å². The lowest BCUT2D eigenvalue weighted by Gasteiger charge is -2.31. The van der Waals surface area contributed by atoms with E-state index in [9.17, 15) is 9.59 Å². The van der Waals surface area contributed by atoms with Gasteiger partial charge in [0.1, 0.15) is 0 Å². The predicted octanol–water partition coefficient (Wildman–Crippen LogP) is 2.99. The van der Waals surface area contributed by atoms with Gasteiger partial charge in [0.15, 0.2) is 0 Å². The molecule has 1 aromatic heterocycles. The summed E-state index contributed by atoms with van der Waals surface area (Å²) < 4.78 is 2.06. The third-order valence-electron chi connectivity index (χ3n) is 4.70. The molecule has 1 aliphatic heterocycles. The highest BCUT2D eigenvalue weighted by Gasteiger charge is 2.29. The number of fused-ring (bicyclic) bond motifs is 1. The molecule has 1 aliphatic rings. The Morgan fingerprint density at radius 2 is 1.96 bits per heavy atom. The number of carbonyl (C=O) groups excluding carboxylic acids is 2. The number of aromatic nitrogens is 2. The van der Waals surface area contributed by atoms with Crippen LogP contribution in [-0.4, -0.2) is 39.4 Å². The van der Waals surface area contributed by atoms with Crippen LogP contribution in [0.5, 0.6) is 0 Å². The van der Waals surface area contributed by atoms with Crippen LogP contribution in [0.1, 0.15) is 40.5 Å². The molecule has 0 bridgehead atoms. The lowest BCUT2D eigenvalue weighted by molar-refractivity contribution is -0.132. The summed E-state index contributed by atoms with van der Waals surface area (Å²) in [6.45, 7) is 9.05. The largest absolute Gasteiger partial charge is 0.342 e. The Bertz CT molecular complexity index is 803. The molecule has 134 valence electrons. The van der Waals surface area contributed by atoms with Gasteiger partial charge in [0.2, 0.25) is 17.8 Å². The maximum Gasteiger partial charge on any atom is 0.231 e. The molecule has 0 aliphatic carbocycles. The number of nitrogens with zero attached hydrogens (tertiary/aromatic N) is 3. The number of benzene rings is 1. The number of hydrogen-bond acceptors (Lipinski definition) is 3. The summed E-state index contributed by atoms with van der Waals surface area (Å²) in [7, 11) is 0. The third kappa shape index (κ3) is 3.52. The van der Waals surface area contributed by atoms with Crippen LogP contribution in [0.4, 0.5) is 5.95 Å². The van der Waals surface area contributed by atoms with E-state index in [1.807, 2.05) is 24.3 Å². The SMILES string of the molecule is CC(=O)N1CCC[C@H](C(=O)Nc2nc3ccccc3n2C(C)(C)C)C1. The Balaban J connectivity index is 1.87. The van der Waals surface area contributed by atoms with Crippen LogP contribution in [0.3, 0.4) is 0 Å². The van der Waals surface area contributed by atoms with E-state index in [4.69, 9.17) is 0 Å². The number of rotatable bonds is 2. The molecule has 1 atom stereocenters. The zero-order valence-corrected chi connectivity index (χ0v) is 15.4. The van der Waals surface area contributed by atoms with Crippen LogP contribution in [-0.2, 0) is 15.1 Å². The lowest BCUT2D eigenvalue weighted by atomic mass is 9.97. The molecule has 6 nitrogen and oxygen atoms in total. The normalized spacial score (nSPS) is 18.4. The fourth-order valence-electron chi connectivity index (χ4n) is 3.48. The van der Waals surface area contributed by atoms with Gasteiger partial charge in [-0.05, 0) is 45.7 Å². The second kappa shape index (κ2) is 6.50. The predicted molar refractivity (Wildman–Crippen MR) is 98.3 cm³/mol. The zero-order chi connectivity index (χ0) is 18.2. The van der Waals surface area contributed by atoms with Crippen molar-refractivity contribution in [2.45, 2.75) is 46.1 Å². The van der Waals surface area contributed by atoms with Gasteiger partial charge in [-0.15, -0.1) is 0 Å². The van der Waals surface area contributed by atoms with E-state index in [1.165, 1.54) is 0 Å². The van der Waals surface area contributed by atoms with E-state index in [2.05, 4.69) is 35.6 Å². The van der Waals surface area contributed by atoms with Crippen molar-refractivity contribution in [3.63, 3.8) is 0 Å². The zero-order valence-electron chi connectivity index (χ0n) is 15.4. The average molecular weight is 342 g/mol. The quantitative estimate of drug-likeness (QED) is 0.912. The number of nitrogens with one attached hydrogen (secondary N) is 1. The maximum absolute atomic E-state index is 12.8. The number of hydrogen-bond donors (Lipinski definition) is 1. The first kappa shape index (κ1) is 17.5. The van der Waals surface area contributed by atoms with E-state index in [0.29, 0.717) is 12.5 Å². The molecule has 2 aromatic rings. The van der Waals surface area contributed by atoms with Crippen molar-refractivity contribution in [1.82, 2.24) is 14.5 Å². The number of amides is 2. The minimum atomic E-state index is -0.212. The van der Waals surface area contributed by atoms with Gasteiger partial charge in [-0.3, -0.25) is 14.9 Å². The van der Waals surface area contributed by atoms with Crippen molar-refractivity contribution in [3.8, 4) is 0 Å². The summed E-state index contributed by atoms with van der Waals surface area (Å²) in [6, 6.07) is 7.89. The fraction of sp³-hybridized carbons (Fsp3) is 0.526. The van der Waals surface area contributed by atoms with Crippen LogP contribution in [0.25, 0.3) is 11.0 Å². The molecule has 1 N–H and O–H groups in total. The molecule has 0 saturated carbocycles. The second-order valence-corrected chi connectivity index (χ2v) is 7.72. The minimum absolute atomic E-state index is 0.0273. The molecule has 0 radical (unpaired) electrons. The van der Waals surface area contributed by atoms with Crippen LogP contribution in [0, 0.1) is 5.92 Å². The smallest absolute Gasteiger partial charge is 0.231 e. The topological polar surface area (TPSA) is 67.2 Å². The van der Waals surface area contributed by atoms with Crippen molar-refractivity contribution >= 4 is 28.8 Å². The van der Waals surface area contributed by atoms with Crippen molar-refractivity contribution in [1.29, 1.82) is 0 Å². The standard InChI is InChI=1S/C19H26N4O2/c1-13(24)22-11-7-8-14(12-22)17(25)21-18-20-15-9-5-6-10-16(15)23(18)19(2,3)4/h5-6,9-10,14H,7-8,11-12H2,1-4H3,(H,20,21,25)/t14-/m0/s1. The van der Waals surface area contributed by atoms with Gasteiger partial charge >= 0.3 is 0 Å². The molecule has 0 unspecified atom stereocenters. The van der Waals surface area contributed by atoms with E-state index in [0.717, 1.165) is 30.4 Å². The molecule has 0 spiro atoms. The summed E-state index contributed by atoms with van der Waals surface area (Å²) >= 11 is 0. The van der Waals surface area contributed by atoms with E-state index in [-0.39, 0.29) is 23.3 Å². The monoisotopic (exact) mass is 342 g/mol. The first-order valence-electron chi connectivity index (χ1n) is 8.81. The molecular formula is C19H26N4O2. The second-order valence-electron chi connectivity index (χ2n) is 7.72. The fourth-order valence-corrected chi connectivity index (χ4v) is 3.48. The Kier molecular flexibility index (Phi) is 4.54. The Morgan fingerprint density at radius 3 is 2.64 bits per heavy atom. The third-order valence-corrected chi connectivity index (χ3v) is 4.70. The molecule has 1 saturated heterocycles. The van der Waals surface area contributed by atoms with Gasteiger partial charge < -0.3 is 9.47 Å². The van der Waals surface area contributed by atoms with Crippen molar-refractivity contribution in [3.05, 3.63) is 24.3 Å². The Morgan fingerprint density at radius 1 is 1.24 bits per heavy atom. The van der Waals surface area contributed by atoms with E-state index >= 15 is 0 Å². The van der Waals surface area contributed by atoms with Crippen LogP contribution in [0.2, 0.25) is 0 Å². The van der Waals surface area contributed by atoms with Crippen LogP contribution < -0.4 is 5.32 Å². The summed E-state index contributed by atoms with van der Waals surface area (Å²) in [4.78, 5) is 30.8. The highest BCUT2D eigenvalue weighted by Crippen LogP contribution is 2.28. The first-order chi connectivity index (χ1) is 11.8. The van der Waals surface area contributed by atoms with Crippen molar-refractivity contribution in [2.24, 2.45) is 5.92 Å². The van der Waals surface area contributed by atoms with Gasteiger partial charge in [0.25, 0.3) is 0 Å². The van der Waals surface area contributed by atoms with Crippen molar-refractivity contribution in [2.75, 3.05) is 18.4 Å². The summed E-state index contributed by atoms with van der Waals surface area (Å²) in [5.41, 5.74) is 1.65. The molecule has 1 fully saturated rings. The number of para-hydroxylation sites is 2. The number of carbonyl (C=O) groups is 2. The summed E-state index contributed by atoms with van der Waals surface area (Å²) in [6.07, 6.45) is 1.65. The number of piperidine rings is 1. The van der Waals surface area contributed by atoms with Crippen molar-refractivity contribution < 1.29 is 9.59 Å². The van der Waals surface area contributed by atoms with E-state index < -0.39 is 0 Å². The highest BCUT2D eigenvalue weighted by atomic mass is 16.2. The number of likely N-dealkylation sites (tertiary alicyclic amines) is 1. The first-order valence-corrected chi connectivity index (χ1v) is 8.81. The van der Waals surface area contributed by atoms with Gasteiger partial charge in [-0.25, -0.2) is 4.98 Å². The molecule has 1 aromatic carbocycles. The molecule has 6 heteroatoms. The minimum Gasteiger partial charge on any atom is -0.342 e. The lowest BCUT2D eigenvalue weighted by Crippen LogP contribution is -2.43. The molecular weight excluding hydrogens is 316 g/mol. The summed E-state index contributed by atoms with van der Waals surface area (Å²) in [5.74, 6) is 0.343. The molecule has 25 heavy (non-hydrogen) atoms. The Labute approximate surface area is 148 Å².